The number of nitrogens with one attached hydrogen (secondary N) is 1. The number of aryl methyl sites for hydroxylation is 1. The van der Waals surface area contributed by atoms with Gasteiger partial charge in [0.1, 0.15) is 0 Å². The summed E-state index contributed by atoms with van der Waals surface area (Å²) < 4.78 is 0. The molecule has 0 saturated carbocycles. The molecule has 0 aliphatic heterocycles. The maximum atomic E-state index is 6.85. The van der Waals surface area contributed by atoms with E-state index in [1.54, 1.807) is 0 Å². The maximum absolute atomic E-state index is 6.85. The third-order valence-electron chi connectivity index (χ3n) is 1.81. The Balaban J connectivity index is 2.20. The van der Waals surface area contributed by atoms with Gasteiger partial charge in [0.2, 0.25) is 0 Å². The van der Waals surface area contributed by atoms with Crippen molar-refractivity contribution in [3.8, 4) is 0 Å². The molecular weight excluding hydrogens is 148 g/mol. The van der Waals surface area contributed by atoms with Crippen molar-refractivity contribution in [1.82, 2.24) is 4.98 Å². The normalized spacial score (nSPS) is 9.67. The molecule has 0 aliphatic carbocycles. The van der Waals surface area contributed by atoms with Crippen LogP contribution in [0, 0.1) is 5.41 Å². The molecule has 0 bridgehead atoms. The Morgan fingerprint density at radius 2 is 2.00 bits per heavy atom. The quantitative estimate of drug-likeness (QED) is 0.524. The van der Waals surface area contributed by atoms with Gasteiger partial charge in [0.15, 0.2) is 0 Å². The predicted octanol–water partition coefficient (Wildman–Crippen LogP) is 2.44. The van der Waals surface area contributed by atoms with E-state index in [4.69, 9.17) is 5.41 Å². The Morgan fingerprint density at radius 1 is 1.25 bits per heavy atom. The van der Waals surface area contributed by atoms with Gasteiger partial charge in [-0.25, -0.2) is 0 Å². The molecule has 0 unspecified atom stereocenters. The Bertz CT molecular complexity index is 219. The third-order valence-corrected chi connectivity index (χ3v) is 1.81. The SMILES string of the molecule is N=CCCCCc1ccncc1. The van der Waals surface area contributed by atoms with Crippen LogP contribution in [0.5, 0.6) is 0 Å². The Hall–Kier alpha value is -1.18. The van der Waals surface area contributed by atoms with Crippen molar-refractivity contribution < 1.29 is 0 Å². The maximum Gasteiger partial charge on any atom is 0.0270 e. The highest BCUT2D eigenvalue weighted by molar-refractivity contribution is 5.52. The highest BCUT2D eigenvalue weighted by Gasteiger charge is 1.90. The molecule has 1 rings (SSSR count). The largest absolute Gasteiger partial charge is 0.313 e. The van der Waals surface area contributed by atoms with Crippen LogP contribution in [0.25, 0.3) is 0 Å². The lowest BCUT2D eigenvalue weighted by molar-refractivity contribution is 0.764. The first-order valence-electron chi connectivity index (χ1n) is 4.31. The van der Waals surface area contributed by atoms with Crippen LogP contribution in [0.4, 0.5) is 0 Å². The van der Waals surface area contributed by atoms with E-state index in [9.17, 15) is 0 Å². The minimum absolute atomic E-state index is 0.908. The summed E-state index contributed by atoms with van der Waals surface area (Å²) in [6.07, 6.45) is 9.43. The molecule has 0 fully saturated rings. The van der Waals surface area contributed by atoms with Crippen LogP contribution in [-0.2, 0) is 6.42 Å². The zero-order chi connectivity index (χ0) is 8.65. The summed E-state index contributed by atoms with van der Waals surface area (Å²) in [6.45, 7) is 0. The highest BCUT2D eigenvalue weighted by atomic mass is 14.6. The monoisotopic (exact) mass is 162 g/mol. The van der Waals surface area contributed by atoms with Gasteiger partial charge in [-0.3, -0.25) is 4.98 Å². The average molecular weight is 162 g/mol. The van der Waals surface area contributed by atoms with Crippen LogP contribution in [0.2, 0.25) is 0 Å². The second-order valence-corrected chi connectivity index (χ2v) is 2.81. The van der Waals surface area contributed by atoms with E-state index in [1.165, 1.54) is 18.2 Å². The van der Waals surface area contributed by atoms with E-state index >= 15 is 0 Å². The summed E-state index contributed by atoms with van der Waals surface area (Å²) in [4.78, 5) is 3.95. The molecule has 2 nitrogen and oxygen atoms in total. The third kappa shape index (κ3) is 3.28. The van der Waals surface area contributed by atoms with Crippen LogP contribution in [0.15, 0.2) is 24.5 Å². The van der Waals surface area contributed by atoms with Crippen molar-refractivity contribution in [2.24, 2.45) is 0 Å². The summed E-state index contributed by atoms with van der Waals surface area (Å²) in [5.74, 6) is 0. The molecule has 0 aliphatic rings. The number of hydrogen-bond donors (Lipinski definition) is 1. The van der Waals surface area contributed by atoms with Crippen molar-refractivity contribution in [3.63, 3.8) is 0 Å². The molecule has 2 heteroatoms. The van der Waals surface area contributed by atoms with E-state index in [2.05, 4.69) is 4.98 Å². The number of unbranched alkanes of at least 4 members (excludes halogenated alkanes) is 2. The zero-order valence-corrected chi connectivity index (χ0v) is 7.16. The van der Waals surface area contributed by atoms with Gasteiger partial charge in [-0.05, 0) is 49.6 Å². The van der Waals surface area contributed by atoms with Crippen LogP contribution in [0.3, 0.4) is 0 Å². The van der Waals surface area contributed by atoms with Crippen molar-refractivity contribution >= 4 is 6.21 Å². The standard InChI is InChI=1S/C10H14N2/c11-7-3-1-2-4-10-5-8-12-9-6-10/h5-9,11H,1-4H2. The summed E-state index contributed by atoms with van der Waals surface area (Å²) >= 11 is 0. The molecule has 1 aromatic heterocycles. The second-order valence-electron chi connectivity index (χ2n) is 2.81. The zero-order valence-electron chi connectivity index (χ0n) is 7.16. The van der Waals surface area contributed by atoms with Crippen LogP contribution in [-0.4, -0.2) is 11.2 Å². The molecule has 1 N–H and O–H groups in total. The molecule has 0 saturated heterocycles. The van der Waals surface area contributed by atoms with Gasteiger partial charge >= 0.3 is 0 Å². The van der Waals surface area contributed by atoms with E-state index < -0.39 is 0 Å². The second kappa shape index (κ2) is 5.47. The molecule has 64 valence electrons. The van der Waals surface area contributed by atoms with Crippen LogP contribution < -0.4 is 0 Å². The van der Waals surface area contributed by atoms with Crippen molar-refractivity contribution in [2.75, 3.05) is 0 Å². The molecule has 1 aromatic rings. The molecule has 12 heavy (non-hydrogen) atoms. The first-order chi connectivity index (χ1) is 5.93. The lowest BCUT2D eigenvalue weighted by atomic mass is 10.1. The van der Waals surface area contributed by atoms with Gasteiger partial charge < -0.3 is 5.41 Å². The number of pyridine rings is 1. The lowest BCUT2D eigenvalue weighted by Crippen LogP contribution is -1.85. The summed E-state index contributed by atoms with van der Waals surface area (Å²) in [7, 11) is 0. The Morgan fingerprint density at radius 3 is 2.67 bits per heavy atom. The van der Waals surface area contributed by atoms with Gasteiger partial charge in [-0.1, -0.05) is 0 Å². The van der Waals surface area contributed by atoms with Crippen molar-refractivity contribution in [1.29, 1.82) is 5.41 Å². The minimum atomic E-state index is 0.908. The molecule has 1 heterocycles. The summed E-state index contributed by atoms with van der Waals surface area (Å²) in [5.41, 5.74) is 1.34. The van der Waals surface area contributed by atoms with Gasteiger partial charge in [-0.15, -0.1) is 0 Å². The van der Waals surface area contributed by atoms with Crippen molar-refractivity contribution in [2.45, 2.75) is 25.7 Å². The number of nitrogens with zero attached hydrogens (tertiary/aromatic N) is 1. The first-order valence-corrected chi connectivity index (χ1v) is 4.31. The molecule has 0 radical (unpaired) electrons. The molecule has 0 spiro atoms. The van der Waals surface area contributed by atoms with Gasteiger partial charge in [0, 0.05) is 12.4 Å². The number of rotatable bonds is 5. The van der Waals surface area contributed by atoms with Gasteiger partial charge in [0.05, 0.1) is 0 Å². The topological polar surface area (TPSA) is 36.7 Å². The first kappa shape index (κ1) is 8.91. The Labute approximate surface area is 73.2 Å². The Kier molecular flexibility index (Phi) is 4.06. The van der Waals surface area contributed by atoms with Crippen molar-refractivity contribution in [3.05, 3.63) is 30.1 Å². The van der Waals surface area contributed by atoms with E-state index in [0.29, 0.717) is 0 Å². The number of aromatic nitrogens is 1. The highest BCUT2D eigenvalue weighted by Crippen LogP contribution is 2.03. The smallest absolute Gasteiger partial charge is 0.0270 e. The lowest BCUT2D eigenvalue weighted by Gasteiger charge is -1.97. The summed E-state index contributed by atoms with van der Waals surface area (Å²) in [5, 5.41) is 6.85. The fourth-order valence-corrected chi connectivity index (χ4v) is 1.12. The molecular formula is C10H14N2. The molecule has 0 amide bonds. The van der Waals surface area contributed by atoms with Crippen LogP contribution in [0.1, 0.15) is 24.8 Å². The van der Waals surface area contributed by atoms with Gasteiger partial charge in [-0.2, -0.15) is 0 Å². The molecule has 0 atom stereocenters. The van der Waals surface area contributed by atoms with Crippen LogP contribution >= 0.6 is 0 Å². The molecule has 0 aromatic carbocycles. The predicted molar refractivity (Wildman–Crippen MR) is 50.6 cm³/mol. The minimum Gasteiger partial charge on any atom is -0.313 e. The number of hydrogen-bond acceptors (Lipinski definition) is 2. The van der Waals surface area contributed by atoms with Gasteiger partial charge in [0.25, 0.3) is 0 Å². The fourth-order valence-electron chi connectivity index (χ4n) is 1.12. The average Bonchev–Trinajstić information content (AvgIpc) is 2.14. The van der Waals surface area contributed by atoms with E-state index in [-0.39, 0.29) is 0 Å². The van der Waals surface area contributed by atoms with E-state index in [1.807, 2.05) is 24.5 Å². The van der Waals surface area contributed by atoms with E-state index in [0.717, 1.165) is 19.3 Å². The fraction of sp³-hybridized carbons (Fsp3) is 0.400. The summed E-state index contributed by atoms with van der Waals surface area (Å²) in [6, 6.07) is 4.09.